The van der Waals surface area contributed by atoms with Gasteiger partial charge in [0, 0.05) is 5.39 Å². The molecule has 0 aliphatic heterocycles. The van der Waals surface area contributed by atoms with E-state index in [1.165, 1.54) is 0 Å². The summed E-state index contributed by atoms with van der Waals surface area (Å²) in [7, 11) is 0. The number of hydrazine groups is 1. The maximum Gasteiger partial charge on any atom is 0.276 e. The first-order chi connectivity index (χ1) is 12.0. The molecule has 0 saturated heterocycles. The van der Waals surface area contributed by atoms with Gasteiger partial charge in [0.05, 0.1) is 17.3 Å². The summed E-state index contributed by atoms with van der Waals surface area (Å²) in [6.45, 7) is 3.65. The molecule has 25 heavy (non-hydrogen) atoms. The van der Waals surface area contributed by atoms with Gasteiger partial charge in [-0.25, -0.2) is 0 Å². The summed E-state index contributed by atoms with van der Waals surface area (Å²) < 4.78 is 5.50. The number of aromatic amines is 1. The van der Waals surface area contributed by atoms with Crippen molar-refractivity contribution in [1.82, 2.24) is 21.0 Å². The van der Waals surface area contributed by atoms with Crippen LogP contribution in [0.5, 0.6) is 5.75 Å². The molecule has 2 amide bonds. The molecule has 0 saturated carbocycles. The monoisotopic (exact) mass is 338 g/mol. The number of nitrogens with zero attached hydrogens (tertiary/aromatic N) is 1. The van der Waals surface area contributed by atoms with Crippen molar-refractivity contribution in [1.29, 1.82) is 0 Å². The van der Waals surface area contributed by atoms with Gasteiger partial charge in [0.2, 0.25) is 0 Å². The molecule has 7 nitrogen and oxygen atoms in total. The molecule has 0 atom stereocenters. The highest BCUT2D eigenvalue weighted by molar-refractivity contribution is 6.05. The van der Waals surface area contributed by atoms with Crippen LogP contribution in [-0.2, 0) is 4.79 Å². The SMILES string of the molecule is Cc1ccc(C)c(OCC(=O)NNC(=O)c2cccc3cn[nH]c23)c1. The summed E-state index contributed by atoms with van der Waals surface area (Å²) in [6.07, 6.45) is 1.63. The molecule has 3 aromatic rings. The fraction of sp³-hybridized carbons (Fsp3) is 0.167. The third-order valence-corrected chi connectivity index (χ3v) is 3.74. The van der Waals surface area contributed by atoms with Crippen LogP contribution in [0.15, 0.2) is 42.6 Å². The predicted octanol–water partition coefficient (Wildman–Crippen LogP) is 2.02. The number of aryl methyl sites for hydroxylation is 2. The van der Waals surface area contributed by atoms with Crippen LogP contribution in [0.4, 0.5) is 0 Å². The van der Waals surface area contributed by atoms with Crippen LogP contribution in [0.3, 0.4) is 0 Å². The van der Waals surface area contributed by atoms with Gasteiger partial charge in [-0.15, -0.1) is 0 Å². The molecule has 1 aromatic heterocycles. The van der Waals surface area contributed by atoms with Gasteiger partial charge < -0.3 is 4.74 Å². The fourth-order valence-corrected chi connectivity index (χ4v) is 2.39. The van der Waals surface area contributed by atoms with Crippen molar-refractivity contribution >= 4 is 22.7 Å². The molecule has 3 N–H and O–H groups in total. The van der Waals surface area contributed by atoms with E-state index in [-0.39, 0.29) is 6.61 Å². The smallest absolute Gasteiger partial charge is 0.276 e. The number of rotatable bonds is 4. The summed E-state index contributed by atoms with van der Waals surface area (Å²) in [5.41, 5.74) is 7.71. The maximum atomic E-state index is 12.2. The lowest BCUT2D eigenvalue weighted by molar-refractivity contribution is -0.123. The number of hydrogen-bond acceptors (Lipinski definition) is 4. The number of aromatic nitrogens is 2. The standard InChI is InChI=1S/C18H18N4O3/c1-11-6-7-12(2)15(8-11)25-10-16(23)20-22-18(24)14-5-3-4-13-9-19-21-17(13)14/h3-9H,10H2,1-2H3,(H,19,21)(H,20,23)(H,22,24). The number of H-pyrrole nitrogens is 1. The predicted molar refractivity (Wildman–Crippen MR) is 93.1 cm³/mol. The first-order valence-electron chi connectivity index (χ1n) is 7.76. The van der Waals surface area contributed by atoms with Crippen LogP contribution < -0.4 is 15.6 Å². The molecule has 0 fully saturated rings. The summed E-state index contributed by atoms with van der Waals surface area (Å²) in [5, 5.41) is 7.49. The van der Waals surface area contributed by atoms with Crippen molar-refractivity contribution in [2.45, 2.75) is 13.8 Å². The van der Waals surface area contributed by atoms with E-state index in [4.69, 9.17) is 4.74 Å². The average molecular weight is 338 g/mol. The Hall–Kier alpha value is -3.35. The van der Waals surface area contributed by atoms with Gasteiger partial charge in [-0.2, -0.15) is 5.10 Å². The molecular weight excluding hydrogens is 320 g/mol. The number of benzene rings is 2. The van der Waals surface area contributed by atoms with Gasteiger partial charge >= 0.3 is 0 Å². The zero-order valence-corrected chi connectivity index (χ0v) is 13.9. The molecular formula is C18H18N4O3. The highest BCUT2D eigenvalue weighted by atomic mass is 16.5. The van der Waals surface area contributed by atoms with E-state index in [1.54, 1.807) is 18.3 Å². The van der Waals surface area contributed by atoms with E-state index < -0.39 is 11.8 Å². The minimum Gasteiger partial charge on any atom is -0.483 e. The molecule has 0 radical (unpaired) electrons. The van der Waals surface area contributed by atoms with Crippen LogP contribution in [0.2, 0.25) is 0 Å². The minimum absolute atomic E-state index is 0.196. The van der Waals surface area contributed by atoms with Crippen LogP contribution in [-0.4, -0.2) is 28.6 Å². The van der Waals surface area contributed by atoms with E-state index in [2.05, 4.69) is 21.0 Å². The second-order valence-corrected chi connectivity index (χ2v) is 5.70. The van der Waals surface area contributed by atoms with Crippen LogP contribution >= 0.6 is 0 Å². The number of hydrogen-bond donors (Lipinski definition) is 3. The van der Waals surface area contributed by atoms with Crippen LogP contribution in [0.1, 0.15) is 21.5 Å². The zero-order chi connectivity index (χ0) is 17.8. The van der Waals surface area contributed by atoms with Crippen molar-refractivity contribution in [3.63, 3.8) is 0 Å². The van der Waals surface area contributed by atoms with Crippen molar-refractivity contribution in [3.8, 4) is 5.75 Å². The molecule has 3 rings (SSSR count). The maximum absolute atomic E-state index is 12.2. The third-order valence-electron chi connectivity index (χ3n) is 3.74. The zero-order valence-electron chi connectivity index (χ0n) is 13.9. The van der Waals surface area contributed by atoms with E-state index >= 15 is 0 Å². The second kappa shape index (κ2) is 7.04. The average Bonchev–Trinajstić information content (AvgIpc) is 3.09. The quantitative estimate of drug-likeness (QED) is 0.634. The lowest BCUT2D eigenvalue weighted by Crippen LogP contribution is -2.43. The molecule has 1 heterocycles. The van der Waals surface area contributed by atoms with E-state index in [9.17, 15) is 9.59 Å². The molecule has 7 heteroatoms. The first kappa shape index (κ1) is 16.5. The van der Waals surface area contributed by atoms with E-state index in [0.29, 0.717) is 16.8 Å². The molecule has 0 spiro atoms. The Kier molecular flexibility index (Phi) is 4.65. The van der Waals surface area contributed by atoms with E-state index in [0.717, 1.165) is 16.5 Å². The number of fused-ring (bicyclic) bond motifs is 1. The Bertz CT molecular complexity index is 933. The summed E-state index contributed by atoms with van der Waals surface area (Å²) >= 11 is 0. The Labute approximate surface area is 144 Å². The molecule has 0 bridgehead atoms. The van der Waals surface area contributed by atoms with Crippen LogP contribution in [0, 0.1) is 13.8 Å². The van der Waals surface area contributed by atoms with Gasteiger partial charge in [-0.1, -0.05) is 24.3 Å². The highest BCUT2D eigenvalue weighted by Gasteiger charge is 2.12. The van der Waals surface area contributed by atoms with Gasteiger partial charge in [0.15, 0.2) is 6.61 Å². The highest BCUT2D eigenvalue weighted by Crippen LogP contribution is 2.19. The number of ether oxygens (including phenoxy) is 1. The van der Waals surface area contributed by atoms with Gasteiger partial charge in [-0.3, -0.25) is 25.5 Å². The number of nitrogens with one attached hydrogen (secondary N) is 3. The lowest BCUT2D eigenvalue weighted by Gasteiger charge is -2.11. The topological polar surface area (TPSA) is 96.1 Å². The summed E-state index contributed by atoms with van der Waals surface area (Å²) in [5.74, 6) is -0.246. The van der Waals surface area contributed by atoms with Crippen molar-refractivity contribution in [3.05, 3.63) is 59.3 Å². The van der Waals surface area contributed by atoms with E-state index in [1.807, 2.05) is 38.1 Å². The Balaban J connectivity index is 1.56. The number of carbonyl (C=O) groups is 2. The molecule has 0 unspecified atom stereocenters. The first-order valence-corrected chi connectivity index (χ1v) is 7.76. The number of para-hydroxylation sites is 1. The Morgan fingerprint density at radius 3 is 2.84 bits per heavy atom. The molecule has 0 aliphatic carbocycles. The number of amides is 2. The van der Waals surface area contributed by atoms with Crippen molar-refractivity contribution in [2.24, 2.45) is 0 Å². The Morgan fingerprint density at radius 2 is 2.00 bits per heavy atom. The van der Waals surface area contributed by atoms with Crippen LogP contribution in [0.25, 0.3) is 10.9 Å². The second-order valence-electron chi connectivity index (χ2n) is 5.70. The summed E-state index contributed by atoms with van der Waals surface area (Å²) in [6, 6.07) is 11.0. The van der Waals surface area contributed by atoms with Gasteiger partial charge in [-0.05, 0) is 37.1 Å². The lowest BCUT2D eigenvalue weighted by atomic mass is 10.1. The third kappa shape index (κ3) is 3.77. The number of carbonyl (C=O) groups excluding carboxylic acids is 2. The Morgan fingerprint density at radius 1 is 1.16 bits per heavy atom. The largest absolute Gasteiger partial charge is 0.483 e. The molecule has 0 aliphatic rings. The molecule has 128 valence electrons. The molecule has 2 aromatic carbocycles. The summed E-state index contributed by atoms with van der Waals surface area (Å²) in [4.78, 5) is 24.1. The van der Waals surface area contributed by atoms with Gasteiger partial charge in [0.1, 0.15) is 5.75 Å². The fourth-order valence-electron chi connectivity index (χ4n) is 2.39. The normalized spacial score (nSPS) is 10.5. The van der Waals surface area contributed by atoms with Crippen molar-refractivity contribution < 1.29 is 14.3 Å². The minimum atomic E-state index is -0.453. The van der Waals surface area contributed by atoms with Crippen molar-refractivity contribution in [2.75, 3.05) is 6.61 Å². The van der Waals surface area contributed by atoms with Gasteiger partial charge in [0.25, 0.3) is 11.8 Å².